The predicted molar refractivity (Wildman–Crippen MR) is 138 cm³/mol. The van der Waals surface area contributed by atoms with Gasteiger partial charge in [-0.1, -0.05) is 0 Å². The molecule has 4 aromatic rings. The first-order valence-electron chi connectivity index (χ1n) is 11.1. The third kappa shape index (κ3) is 4.75. The van der Waals surface area contributed by atoms with Crippen LogP contribution in [0, 0.1) is 10.1 Å². The van der Waals surface area contributed by atoms with Gasteiger partial charge in [-0.25, -0.2) is 4.98 Å². The topological polar surface area (TPSA) is 120 Å². The van der Waals surface area contributed by atoms with Gasteiger partial charge in [0.1, 0.15) is 11.3 Å². The monoisotopic (exact) mass is 552 g/mol. The van der Waals surface area contributed by atoms with Crippen LogP contribution >= 0.6 is 15.9 Å². The molecule has 0 spiro atoms. The molecule has 0 radical (unpaired) electrons. The Balaban J connectivity index is 1.43. The number of methoxy groups -OCH3 is 1. The molecule has 0 aliphatic carbocycles. The van der Waals surface area contributed by atoms with E-state index >= 15 is 0 Å². The number of nitro benzene ring substituents is 1. The summed E-state index contributed by atoms with van der Waals surface area (Å²) < 4.78 is 17.3. The number of morpholine rings is 1. The minimum atomic E-state index is -0.514. The molecule has 3 aromatic carbocycles. The first-order valence-corrected chi connectivity index (χ1v) is 11.9. The van der Waals surface area contributed by atoms with Crippen LogP contribution in [0.25, 0.3) is 22.6 Å². The van der Waals surface area contributed by atoms with Crippen molar-refractivity contribution in [2.24, 2.45) is 0 Å². The summed E-state index contributed by atoms with van der Waals surface area (Å²) in [6, 6.07) is 14.9. The second kappa shape index (κ2) is 9.96. The van der Waals surface area contributed by atoms with Crippen LogP contribution in [0.5, 0.6) is 5.75 Å². The van der Waals surface area contributed by atoms with E-state index in [2.05, 4.69) is 26.2 Å². The summed E-state index contributed by atoms with van der Waals surface area (Å²) in [6.07, 6.45) is 0. The number of fused-ring (bicyclic) bond motifs is 1. The van der Waals surface area contributed by atoms with Gasteiger partial charge in [-0.2, -0.15) is 0 Å². The summed E-state index contributed by atoms with van der Waals surface area (Å²) in [7, 11) is 1.59. The van der Waals surface area contributed by atoms with E-state index in [4.69, 9.17) is 13.9 Å². The van der Waals surface area contributed by atoms with E-state index in [1.165, 1.54) is 12.1 Å². The first kappa shape index (κ1) is 23.8. The van der Waals surface area contributed by atoms with Crippen LogP contribution in [0.15, 0.2) is 63.5 Å². The van der Waals surface area contributed by atoms with Gasteiger partial charge in [-0.3, -0.25) is 14.9 Å². The lowest BCUT2D eigenvalue weighted by molar-refractivity contribution is -0.384. The number of aromatic nitrogens is 1. The van der Waals surface area contributed by atoms with Crippen molar-refractivity contribution in [2.45, 2.75) is 0 Å². The molecule has 10 nitrogen and oxygen atoms in total. The molecule has 5 rings (SSSR count). The van der Waals surface area contributed by atoms with Gasteiger partial charge in [0.25, 0.3) is 11.6 Å². The van der Waals surface area contributed by atoms with E-state index in [0.29, 0.717) is 60.4 Å². The molecule has 1 aromatic heterocycles. The average molecular weight is 553 g/mol. The highest BCUT2D eigenvalue weighted by molar-refractivity contribution is 9.10. The zero-order valence-corrected chi connectivity index (χ0v) is 20.8. The minimum absolute atomic E-state index is 0.153. The molecule has 1 amide bonds. The third-order valence-electron chi connectivity index (χ3n) is 5.83. The Labute approximate surface area is 214 Å². The summed E-state index contributed by atoms with van der Waals surface area (Å²) in [4.78, 5) is 30.6. The maximum absolute atomic E-state index is 13.3. The van der Waals surface area contributed by atoms with Crippen LogP contribution in [0.3, 0.4) is 0 Å². The molecule has 1 aliphatic rings. The second-order valence-corrected chi connectivity index (χ2v) is 8.92. The largest absolute Gasteiger partial charge is 0.496 e. The lowest BCUT2D eigenvalue weighted by Gasteiger charge is -2.30. The van der Waals surface area contributed by atoms with Crippen molar-refractivity contribution >= 4 is 50.0 Å². The number of nitrogens with zero attached hydrogens (tertiary/aromatic N) is 3. The molecule has 1 fully saturated rings. The number of carbonyl (C=O) groups excluding carboxylic acids is 1. The van der Waals surface area contributed by atoms with Crippen molar-refractivity contribution < 1.29 is 23.6 Å². The number of oxazole rings is 1. The van der Waals surface area contributed by atoms with Crippen molar-refractivity contribution in [1.29, 1.82) is 0 Å². The smallest absolute Gasteiger partial charge is 0.270 e. The molecule has 0 saturated carbocycles. The van der Waals surface area contributed by atoms with Crippen LogP contribution in [-0.2, 0) is 4.74 Å². The van der Waals surface area contributed by atoms with Crippen molar-refractivity contribution in [3.05, 3.63) is 74.7 Å². The van der Waals surface area contributed by atoms with E-state index < -0.39 is 10.8 Å². The second-order valence-electron chi connectivity index (χ2n) is 8.06. The van der Waals surface area contributed by atoms with Gasteiger partial charge in [0.2, 0.25) is 5.89 Å². The molecular formula is C25H21BrN4O6. The highest BCUT2D eigenvalue weighted by atomic mass is 79.9. The molecule has 0 atom stereocenters. The number of hydrogen-bond acceptors (Lipinski definition) is 8. The normalized spacial score (nSPS) is 13.6. The fourth-order valence-corrected chi connectivity index (χ4v) is 4.57. The highest BCUT2D eigenvalue weighted by Crippen LogP contribution is 2.33. The van der Waals surface area contributed by atoms with Crippen LogP contribution in [0.2, 0.25) is 0 Å². The van der Waals surface area contributed by atoms with Crippen LogP contribution in [0.4, 0.5) is 17.1 Å². The molecule has 1 saturated heterocycles. The summed E-state index contributed by atoms with van der Waals surface area (Å²) >= 11 is 3.46. The van der Waals surface area contributed by atoms with Crippen molar-refractivity contribution in [3.8, 4) is 17.2 Å². The SMILES string of the molecule is COc1ccc(-c2nc3cc(NC(=O)c4cc([N+](=O)[O-])ccc4N4CCOCC4)ccc3o2)cc1Br. The zero-order valence-electron chi connectivity index (χ0n) is 19.2. The van der Waals surface area contributed by atoms with E-state index in [9.17, 15) is 14.9 Å². The average Bonchev–Trinajstić information content (AvgIpc) is 3.32. The fourth-order valence-electron chi connectivity index (χ4n) is 4.03. The number of rotatable bonds is 6. The Morgan fingerprint density at radius 2 is 1.94 bits per heavy atom. The Kier molecular flexibility index (Phi) is 6.57. The Morgan fingerprint density at radius 3 is 2.67 bits per heavy atom. The van der Waals surface area contributed by atoms with Crippen LogP contribution < -0.4 is 15.0 Å². The van der Waals surface area contributed by atoms with E-state index in [1.807, 2.05) is 23.1 Å². The van der Waals surface area contributed by atoms with Gasteiger partial charge in [-0.05, 0) is 58.4 Å². The minimum Gasteiger partial charge on any atom is -0.496 e. The molecule has 0 bridgehead atoms. The lowest BCUT2D eigenvalue weighted by Crippen LogP contribution is -2.37. The molecular weight excluding hydrogens is 532 g/mol. The summed E-state index contributed by atoms with van der Waals surface area (Å²) in [6.45, 7) is 2.22. The van der Waals surface area contributed by atoms with Gasteiger partial charge in [-0.15, -0.1) is 0 Å². The van der Waals surface area contributed by atoms with Crippen molar-refractivity contribution in [3.63, 3.8) is 0 Å². The number of benzene rings is 3. The van der Waals surface area contributed by atoms with Crippen LogP contribution in [-0.4, -0.2) is 49.2 Å². The molecule has 11 heteroatoms. The fraction of sp³-hybridized carbons (Fsp3) is 0.200. The van der Waals surface area contributed by atoms with Crippen LogP contribution in [0.1, 0.15) is 10.4 Å². The zero-order chi connectivity index (χ0) is 25.2. The van der Waals surface area contributed by atoms with E-state index in [-0.39, 0.29) is 11.3 Å². The number of anilines is 2. The summed E-state index contributed by atoms with van der Waals surface area (Å²) in [5.41, 5.74) is 3.05. The molecule has 1 N–H and O–H groups in total. The highest BCUT2D eigenvalue weighted by Gasteiger charge is 2.22. The standard InChI is InChI=1S/C25H21BrN4O6/c1-34-22-6-2-15(12-19(22)26)25-28-20-13-16(3-7-23(20)36-25)27-24(31)18-14-17(30(32)33)4-5-21(18)29-8-10-35-11-9-29/h2-7,12-14H,8-11H2,1H3,(H,27,31). The summed E-state index contributed by atoms with van der Waals surface area (Å²) in [5, 5.41) is 14.2. The van der Waals surface area contributed by atoms with Crippen molar-refractivity contribution in [1.82, 2.24) is 4.98 Å². The number of carbonyl (C=O) groups is 1. The molecule has 184 valence electrons. The predicted octanol–water partition coefficient (Wildman–Crippen LogP) is 5.26. The van der Waals surface area contributed by atoms with Gasteiger partial charge < -0.3 is 24.1 Å². The summed E-state index contributed by atoms with van der Waals surface area (Å²) in [5.74, 6) is 0.657. The maximum atomic E-state index is 13.3. The molecule has 36 heavy (non-hydrogen) atoms. The van der Waals surface area contributed by atoms with Gasteiger partial charge >= 0.3 is 0 Å². The van der Waals surface area contributed by atoms with Gasteiger partial charge in [0, 0.05) is 36.5 Å². The number of halogens is 1. The molecule has 1 aliphatic heterocycles. The Hall–Kier alpha value is -3.96. The van der Waals surface area contributed by atoms with Gasteiger partial charge in [0.05, 0.1) is 41.0 Å². The van der Waals surface area contributed by atoms with E-state index in [1.54, 1.807) is 31.4 Å². The van der Waals surface area contributed by atoms with Gasteiger partial charge in [0.15, 0.2) is 5.58 Å². The van der Waals surface area contributed by atoms with E-state index in [0.717, 1.165) is 10.0 Å². The number of hydrogen-bond donors (Lipinski definition) is 1. The molecule has 2 heterocycles. The quantitative estimate of drug-likeness (QED) is 0.254. The Bertz CT molecular complexity index is 1460. The Morgan fingerprint density at radius 1 is 1.14 bits per heavy atom. The number of nitro groups is 1. The maximum Gasteiger partial charge on any atom is 0.270 e. The number of ether oxygens (including phenoxy) is 2. The number of amides is 1. The number of nitrogens with one attached hydrogen (secondary N) is 1. The lowest BCUT2D eigenvalue weighted by atomic mass is 10.1. The van der Waals surface area contributed by atoms with Crippen molar-refractivity contribution in [2.75, 3.05) is 43.6 Å². The first-order chi connectivity index (χ1) is 17.4. The molecule has 0 unspecified atom stereocenters. The third-order valence-corrected chi connectivity index (χ3v) is 6.45. The number of non-ortho nitro benzene ring substituents is 1.